The van der Waals surface area contributed by atoms with Gasteiger partial charge in [0, 0.05) is 16.6 Å². The summed E-state index contributed by atoms with van der Waals surface area (Å²) in [4.78, 5) is 2.37. The van der Waals surface area contributed by atoms with Gasteiger partial charge in [-0.3, -0.25) is 0 Å². The molecule has 51 heavy (non-hydrogen) atoms. The number of anilines is 3. The van der Waals surface area contributed by atoms with Gasteiger partial charge in [-0.15, -0.1) is 0 Å². The molecule has 0 aromatic heterocycles. The normalized spacial score (nSPS) is 13.4. The maximum Gasteiger partial charge on any atom is 0.123 e. The molecule has 0 radical (unpaired) electrons. The largest absolute Gasteiger partial charge is 0.309 e. The molecule has 9 aromatic carbocycles. The summed E-state index contributed by atoms with van der Waals surface area (Å²) in [6.07, 6.45) is 0. The van der Waals surface area contributed by atoms with Crippen molar-refractivity contribution in [1.82, 2.24) is 0 Å². The van der Waals surface area contributed by atoms with Crippen LogP contribution >= 0.6 is 0 Å². The Bertz CT molecular complexity index is 2790. The second-order valence-corrected chi connectivity index (χ2v) is 13.7. The fourth-order valence-electron chi connectivity index (χ4n) is 9.43. The number of nitrogens with zero attached hydrogens (tertiary/aromatic N) is 1. The Morgan fingerprint density at radius 2 is 0.784 bits per heavy atom. The maximum atomic E-state index is 14.7. The Labute approximate surface area is 295 Å². The van der Waals surface area contributed by atoms with Gasteiger partial charge < -0.3 is 4.90 Å². The molecule has 1 spiro atoms. The number of hydrogen-bond acceptors (Lipinski definition) is 1. The SMILES string of the molecule is Fc1ccc(N(c2cccc3c2-c2ccccc2C32c3ccccc3-c3ccccc32)c2cccc3c4ccccc4c4ccccc4c23)cc1. The molecule has 0 unspecified atom stereocenters. The van der Waals surface area contributed by atoms with Crippen LogP contribution in [0, 0.1) is 5.82 Å². The quantitative estimate of drug-likeness (QED) is 0.172. The molecule has 2 heteroatoms. The predicted molar refractivity (Wildman–Crippen MR) is 210 cm³/mol. The van der Waals surface area contributed by atoms with Gasteiger partial charge in [-0.25, -0.2) is 4.39 Å². The van der Waals surface area contributed by atoms with Gasteiger partial charge in [0.15, 0.2) is 0 Å². The third-order valence-electron chi connectivity index (χ3n) is 11.3. The zero-order chi connectivity index (χ0) is 33.7. The summed E-state index contributed by atoms with van der Waals surface area (Å²) in [6, 6.07) is 64.5. The van der Waals surface area contributed by atoms with Gasteiger partial charge in [0.25, 0.3) is 0 Å². The molecule has 2 aliphatic rings. The third-order valence-corrected chi connectivity index (χ3v) is 11.3. The lowest BCUT2D eigenvalue weighted by molar-refractivity contribution is 0.628. The first-order valence-electron chi connectivity index (χ1n) is 17.6. The fraction of sp³-hybridized carbons (Fsp3) is 0.0204. The molecule has 9 aromatic rings. The van der Waals surface area contributed by atoms with E-state index in [1.54, 1.807) is 12.1 Å². The Kier molecular flexibility index (Phi) is 5.83. The van der Waals surface area contributed by atoms with Crippen LogP contribution in [0.1, 0.15) is 22.3 Å². The van der Waals surface area contributed by atoms with Crippen LogP contribution in [0.5, 0.6) is 0 Å². The molecular formula is C49H30FN. The number of hydrogen-bond donors (Lipinski definition) is 0. The van der Waals surface area contributed by atoms with Crippen molar-refractivity contribution < 1.29 is 4.39 Å². The van der Waals surface area contributed by atoms with Gasteiger partial charge in [-0.2, -0.15) is 0 Å². The van der Waals surface area contributed by atoms with Gasteiger partial charge in [0.2, 0.25) is 0 Å². The Morgan fingerprint density at radius 1 is 0.353 bits per heavy atom. The highest BCUT2D eigenvalue weighted by molar-refractivity contribution is 6.29. The van der Waals surface area contributed by atoms with E-state index in [0.717, 1.165) is 17.1 Å². The summed E-state index contributed by atoms with van der Waals surface area (Å²) >= 11 is 0. The summed E-state index contributed by atoms with van der Waals surface area (Å²) in [7, 11) is 0. The van der Waals surface area contributed by atoms with Crippen molar-refractivity contribution in [2.75, 3.05) is 4.90 Å². The summed E-state index contributed by atoms with van der Waals surface area (Å²) in [6.45, 7) is 0. The van der Waals surface area contributed by atoms with Crippen molar-refractivity contribution in [2.24, 2.45) is 0 Å². The minimum Gasteiger partial charge on any atom is -0.309 e. The topological polar surface area (TPSA) is 3.24 Å². The van der Waals surface area contributed by atoms with Crippen molar-refractivity contribution in [1.29, 1.82) is 0 Å². The molecule has 0 aliphatic heterocycles. The standard InChI is InChI=1S/C49H30FN/c50-31-27-29-32(30-28-31)51(45-25-11-20-39-35-14-2-1-13-33(35)34-15-3-4-18-38(34)47(39)45)46-26-12-24-44-48(46)40-19-7-10-23-43(40)49(44)41-21-8-5-16-36(41)37-17-6-9-22-42(37)49/h1-30H. The van der Waals surface area contributed by atoms with Crippen LogP contribution in [0.25, 0.3) is 54.6 Å². The molecule has 0 saturated carbocycles. The van der Waals surface area contributed by atoms with Crippen LogP contribution in [-0.2, 0) is 5.41 Å². The van der Waals surface area contributed by atoms with E-state index in [1.165, 1.54) is 76.8 Å². The van der Waals surface area contributed by atoms with E-state index < -0.39 is 5.41 Å². The van der Waals surface area contributed by atoms with Crippen molar-refractivity contribution in [3.05, 3.63) is 210 Å². The first-order valence-corrected chi connectivity index (χ1v) is 17.6. The van der Waals surface area contributed by atoms with Crippen molar-refractivity contribution >= 4 is 49.4 Å². The van der Waals surface area contributed by atoms with E-state index in [9.17, 15) is 4.39 Å². The van der Waals surface area contributed by atoms with E-state index in [-0.39, 0.29) is 5.82 Å². The van der Waals surface area contributed by atoms with Gasteiger partial charge in [0.1, 0.15) is 5.82 Å². The Hall–Kier alpha value is -6.51. The van der Waals surface area contributed by atoms with Crippen LogP contribution in [0.15, 0.2) is 182 Å². The highest BCUT2D eigenvalue weighted by atomic mass is 19.1. The van der Waals surface area contributed by atoms with Gasteiger partial charge in [0.05, 0.1) is 16.8 Å². The highest BCUT2D eigenvalue weighted by Crippen LogP contribution is 2.64. The number of rotatable bonds is 3. The minimum absolute atomic E-state index is 0.255. The molecule has 2 aliphatic carbocycles. The molecular weight excluding hydrogens is 622 g/mol. The first kappa shape index (κ1) is 28.3. The molecule has 0 fully saturated rings. The summed E-state index contributed by atoms with van der Waals surface area (Å²) in [5.74, 6) is -0.255. The lowest BCUT2D eigenvalue weighted by Crippen LogP contribution is -2.26. The first-order chi connectivity index (χ1) is 25.2. The lowest BCUT2D eigenvalue weighted by atomic mass is 9.70. The van der Waals surface area contributed by atoms with Gasteiger partial charge in [-0.1, -0.05) is 146 Å². The molecule has 0 amide bonds. The van der Waals surface area contributed by atoms with Crippen molar-refractivity contribution in [3.63, 3.8) is 0 Å². The molecule has 238 valence electrons. The number of halogens is 1. The van der Waals surface area contributed by atoms with E-state index >= 15 is 0 Å². The maximum absolute atomic E-state index is 14.7. The predicted octanol–water partition coefficient (Wildman–Crippen LogP) is 13.1. The summed E-state index contributed by atoms with van der Waals surface area (Å²) < 4.78 is 14.7. The van der Waals surface area contributed by atoms with Gasteiger partial charge >= 0.3 is 0 Å². The number of fused-ring (bicyclic) bond motifs is 16. The average molecular weight is 652 g/mol. The zero-order valence-electron chi connectivity index (χ0n) is 27.6. The molecule has 0 heterocycles. The van der Waals surface area contributed by atoms with Gasteiger partial charge in [-0.05, 0) is 102 Å². The van der Waals surface area contributed by atoms with E-state index in [1.807, 2.05) is 12.1 Å². The molecule has 0 saturated heterocycles. The molecule has 0 bridgehead atoms. The van der Waals surface area contributed by atoms with E-state index in [2.05, 4.69) is 163 Å². The molecule has 0 atom stereocenters. The van der Waals surface area contributed by atoms with Crippen LogP contribution in [0.4, 0.5) is 21.5 Å². The Balaban J connectivity index is 1.29. The van der Waals surface area contributed by atoms with Crippen LogP contribution in [0.2, 0.25) is 0 Å². The fourth-order valence-corrected chi connectivity index (χ4v) is 9.43. The van der Waals surface area contributed by atoms with Crippen LogP contribution < -0.4 is 4.90 Å². The lowest BCUT2D eigenvalue weighted by Gasteiger charge is -2.32. The van der Waals surface area contributed by atoms with E-state index in [0.29, 0.717) is 0 Å². The van der Waals surface area contributed by atoms with E-state index in [4.69, 9.17) is 0 Å². The Morgan fingerprint density at radius 3 is 1.41 bits per heavy atom. The van der Waals surface area contributed by atoms with Crippen LogP contribution in [-0.4, -0.2) is 0 Å². The zero-order valence-corrected chi connectivity index (χ0v) is 27.6. The average Bonchev–Trinajstić information content (AvgIpc) is 3.67. The molecule has 1 nitrogen and oxygen atoms in total. The van der Waals surface area contributed by atoms with Crippen molar-refractivity contribution in [2.45, 2.75) is 5.41 Å². The molecule has 11 rings (SSSR count). The number of benzene rings is 9. The monoisotopic (exact) mass is 651 g/mol. The summed E-state index contributed by atoms with van der Waals surface area (Å²) in [5, 5.41) is 7.23. The molecule has 0 N–H and O–H groups in total. The third kappa shape index (κ3) is 3.69. The summed E-state index contributed by atoms with van der Waals surface area (Å²) in [5.41, 5.74) is 12.7. The highest BCUT2D eigenvalue weighted by Gasteiger charge is 2.52. The second kappa shape index (κ2) is 10.5. The second-order valence-electron chi connectivity index (χ2n) is 13.7. The smallest absolute Gasteiger partial charge is 0.123 e. The van der Waals surface area contributed by atoms with Crippen molar-refractivity contribution in [3.8, 4) is 22.3 Å². The minimum atomic E-state index is -0.467. The van der Waals surface area contributed by atoms with Crippen LogP contribution in [0.3, 0.4) is 0 Å².